The van der Waals surface area contributed by atoms with Gasteiger partial charge in [-0.1, -0.05) is 47.7 Å². The van der Waals surface area contributed by atoms with E-state index in [1.54, 1.807) is 0 Å². The van der Waals surface area contributed by atoms with Gasteiger partial charge in [-0.3, -0.25) is 5.10 Å². The lowest BCUT2D eigenvalue weighted by molar-refractivity contribution is 0.646. The number of benzene rings is 2. The molecule has 2 aromatic heterocycles. The highest BCUT2D eigenvalue weighted by atomic mass is 15.4. The Morgan fingerprint density at radius 3 is 2.83 bits per heavy atom. The molecule has 0 aliphatic rings. The Hall–Kier alpha value is -2.99. The van der Waals surface area contributed by atoms with Gasteiger partial charge in [-0.25, -0.2) is 4.68 Å². The van der Waals surface area contributed by atoms with Crippen molar-refractivity contribution >= 4 is 10.9 Å². The van der Waals surface area contributed by atoms with E-state index in [0.29, 0.717) is 6.54 Å². The zero-order valence-electron chi connectivity index (χ0n) is 13.1. The van der Waals surface area contributed by atoms with Crippen molar-refractivity contribution in [2.24, 2.45) is 5.73 Å². The van der Waals surface area contributed by atoms with Gasteiger partial charge in [0, 0.05) is 5.39 Å². The van der Waals surface area contributed by atoms with Crippen LogP contribution in [0.1, 0.15) is 22.9 Å². The summed E-state index contributed by atoms with van der Waals surface area (Å²) in [6.45, 7) is 0.653. The van der Waals surface area contributed by atoms with Crippen LogP contribution in [0.15, 0.2) is 60.9 Å². The van der Waals surface area contributed by atoms with Crippen LogP contribution in [-0.4, -0.2) is 25.2 Å². The van der Waals surface area contributed by atoms with Crippen LogP contribution < -0.4 is 5.73 Å². The average Bonchev–Trinajstić information content (AvgIpc) is 3.24. The summed E-state index contributed by atoms with van der Waals surface area (Å²) < 4.78 is 1.82. The molecule has 0 aliphatic heterocycles. The molecule has 1 unspecified atom stereocenters. The van der Waals surface area contributed by atoms with Gasteiger partial charge < -0.3 is 5.73 Å². The van der Waals surface area contributed by atoms with Crippen molar-refractivity contribution < 1.29 is 0 Å². The van der Waals surface area contributed by atoms with Crippen LogP contribution in [0.3, 0.4) is 0 Å². The van der Waals surface area contributed by atoms with Crippen LogP contribution in [0.4, 0.5) is 0 Å². The third-order valence-corrected chi connectivity index (χ3v) is 4.09. The van der Waals surface area contributed by atoms with Gasteiger partial charge in [-0.2, -0.15) is 5.10 Å². The number of hydrogen-bond acceptors (Lipinski definition) is 4. The van der Waals surface area contributed by atoms with Crippen molar-refractivity contribution in [1.29, 1.82) is 0 Å². The van der Waals surface area contributed by atoms with Gasteiger partial charge in [0.05, 0.1) is 36.2 Å². The largest absolute Gasteiger partial charge is 0.322 e. The van der Waals surface area contributed by atoms with Crippen LogP contribution in [0.25, 0.3) is 10.9 Å². The zero-order chi connectivity index (χ0) is 16.4. The molecule has 0 saturated heterocycles. The number of fused-ring (bicyclic) bond motifs is 1. The maximum absolute atomic E-state index is 6.27. The molecule has 0 fully saturated rings. The predicted octanol–water partition coefficient (Wildman–Crippen LogP) is 2.45. The summed E-state index contributed by atoms with van der Waals surface area (Å²) in [5.41, 5.74) is 10.4. The fourth-order valence-electron chi connectivity index (χ4n) is 2.80. The van der Waals surface area contributed by atoms with Crippen molar-refractivity contribution in [3.63, 3.8) is 0 Å². The molecule has 0 radical (unpaired) electrons. The molecular formula is C18H18N6. The molecule has 4 aromatic rings. The first kappa shape index (κ1) is 14.6. The smallest absolute Gasteiger partial charge is 0.0997 e. The molecule has 0 amide bonds. The molecule has 6 nitrogen and oxygen atoms in total. The lowest BCUT2D eigenvalue weighted by Crippen LogP contribution is -2.13. The van der Waals surface area contributed by atoms with Gasteiger partial charge in [-0.05, 0) is 23.6 Å². The van der Waals surface area contributed by atoms with Crippen LogP contribution in [-0.2, 0) is 13.0 Å². The molecule has 0 spiro atoms. The summed E-state index contributed by atoms with van der Waals surface area (Å²) in [4.78, 5) is 0. The summed E-state index contributed by atoms with van der Waals surface area (Å²) in [5, 5.41) is 16.6. The lowest BCUT2D eigenvalue weighted by Gasteiger charge is -2.07. The molecule has 24 heavy (non-hydrogen) atoms. The highest BCUT2D eigenvalue weighted by Gasteiger charge is 2.12. The summed E-state index contributed by atoms with van der Waals surface area (Å²) in [6.07, 6.45) is 4.49. The van der Waals surface area contributed by atoms with Crippen molar-refractivity contribution in [1.82, 2.24) is 25.2 Å². The van der Waals surface area contributed by atoms with Crippen molar-refractivity contribution in [2.75, 3.05) is 0 Å². The molecule has 0 saturated carbocycles. The van der Waals surface area contributed by atoms with Crippen molar-refractivity contribution in [2.45, 2.75) is 19.0 Å². The van der Waals surface area contributed by atoms with E-state index < -0.39 is 0 Å². The molecule has 6 heteroatoms. The topological polar surface area (TPSA) is 85.4 Å². The molecule has 0 aliphatic carbocycles. The Bertz CT molecular complexity index is 940. The van der Waals surface area contributed by atoms with Crippen molar-refractivity contribution in [3.05, 3.63) is 77.7 Å². The van der Waals surface area contributed by atoms with Gasteiger partial charge in [0.1, 0.15) is 0 Å². The van der Waals surface area contributed by atoms with E-state index in [1.165, 1.54) is 5.56 Å². The number of aromatic amines is 1. The van der Waals surface area contributed by atoms with E-state index >= 15 is 0 Å². The van der Waals surface area contributed by atoms with Crippen molar-refractivity contribution in [3.8, 4) is 0 Å². The Balaban J connectivity index is 1.47. The molecule has 3 N–H and O–H groups in total. The SMILES string of the molecule is NC(Cc1ccccc1)c1cn(Cc2ccc3cn[nH]c3c2)nn1. The Morgan fingerprint density at radius 2 is 1.96 bits per heavy atom. The van der Waals surface area contributed by atoms with Crippen LogP contribution >= 0.6 is 0 Å². The zero-order valence-corrected chi connectivity index (χ0v) is 13.1. The summed E-state index contributed by atoms with van der Waals surface area (Å²) in [7, 11) is 0. The standard InChI is InChI=1S/C18H18N6/c19-16(8-13-4-2-1-3-5-13)18-12-24(23-22-18)11-14-6-7-15-10-20-21-17(15)9-14/h1-7,9-10,12,16H,8,11,19H2,(H,20,21). The van der Waals surface area contributed by atoms with Gasteiger partial charge >= 0.3 is 0 Å². The number of hydrogen-bond donors (Lipinski definition) is 2. The van der Waals surface area contributed by atoms with Gasteiger partial charge in [-0.15, -0.1) is 5.10 Å². The van der Waals surface area contributed by atoms with Gasteiger partial charge in [0.15, 0.2) is 0 Å². The first-order valence-corrected chi connectivity index (χ1v) is 7.89. The Labute approximate surface area is 139 Å². The fourth-order valence-corrected chi connectivity index (χ4v) is 2.80. The normalized spacial score (nSPS) is 12.5. The number of nitrogens with two attached hydrogens (primary N) is 1. The maximum Gasteiger partial charge on any atom is 0.0997 e. The first-order valence-electron chi connectivity index (χ1n) is 7.89. The highest BCUT2D eigenvalue weighted by Crippen LogP contribution is 2.16. The minimum absolute atomic E-state index is 0.156. The van der Waals surface area contributed by atoms with E-state index in [2.05, 4.69) is 44.8 Å². The van der Waals surface area contributed by atoms with E-state index in [0.717, 1.165) is 28.6 Å². The molecule has 2 heterocycles. The van der Waals surface area contributed by atoms with Gasteiger partial charge in [0.2, 0.25) is 0 Å². The second kappa shape index (κ2) is 6.25. The third kappa shape index (κ3) is 3.04. The number of H-pyrrole nitrogens is 1. The lowest BCUT2D eigenvalue weighted by atomic mass is 10.0. The third-order valence-electron chi connectivity index (χ3n) is 4.09. The number of nitrogens with one attached hydrogen (secondary N) is 1. The van der Waals surface area contributed by atoms with E-state index in [9.17, 15) is 0 Å². The highest BCUT2D eigenvalue weighted by molar-refractivity contribution is 5.78. The molecule has 4 rings (SSSR count). The summed E-state index contributed by atoms with van der Waals surface area (Å²) >= 11 is 0. The molecule has 0 bridgehead atoms. The minimum atomic E-state index is -0.156. The number of nitrogens with zero attached hydrogens (tertiary/aromatic N) is 4. The second-order valence-electron chi connectivity index (χ2n) is 5.93. The van der Waals surface area contributed by atoms with E-state index in [4.69, 9.17) is 5.73 Å². The Kier molecular flexibility index (Phi) is 3.80. The van der Waals surface area contributed by atoms with E-state index in [1.807, 2.05) is 41.3 Å². The summed E-state index contributed by atoms with van der Waals surface area (Å²) in [5.74, 6) is 0. The Morgan fingerprint density at radius 1 is 1.08 bits per heavy atom. The molecule has 1 atom stereocenters. The fraction of sp³-hybridized carbons (Fsp3) is 0.167. The maximum atomic E-state index is 6.27. The average molecular weight is 318 g/mol. The van der Waals surface area contributed by atoms with Crippen LogP contribution in [0, 0.1) is 0 Å². The quantitative estimate of drug-likeness (QED) is 0.592. The number of aromatic nitrogens is 5. The minimum Gasteiger partial charge on any atom is -0.322 e. The predicted molar refractivity (Wildman–Crippen MR) is 92.3 cm³/mol. The van der Waals surface area contributed by atoms with E-state index in [-0.39, 0.29) is 6.04 Å². The second-order valence-corrected chi connectivity index (χ2v) is 5.93. The number of rotatable bonds is 5. The molecule has 2 aromatic carbocycles. The first-order chi connectivity index (χ1) is 11.8. The molecular weight excluding hydrogens is 300 g/mol. The monoisotopic (exact) mass is 318 g/mol. The van der Waals surface area contributed by atoms with Gasteiger partial charge in [0.25, 0.3) is 0 Å². The molecule has 120 valence electrons. The summed E-state index contributed by atoms with van der Waals surface area (Å²) in [6, 6.07) is 16.2. The van der Waals surface area contributed by atoms with Crippen LogP contribution in [0.2, 0.25) is 0 Å². The van der Waals surface area contributed by atoms with Crippen LogP contribution in [0.5, 0.6) is 0 Å².